The van der Waals surface area contributed by atoms with Crippen LogP contribution in [0.5, 0.6) is 0 Å². The van der Waals surface area contributed by atoms with E-state index in [1.54, 1.807) is 0 Å². The Kier molecular flexibility index (Phi) is 4.98. The molecule has 1 amide bonds. The summed E-state index contributed by atoms with van der Waals surface area (Å²) in [6.07, 6.45) is -4.17. The SMILES string of the molecule is CN1CCC(N(CC(=O)Cl)C(=O)C(F)(F)F)CC1. The van der Waals surface area contributed by atoms with Gasteiger partial charge in [-0.1, -0.05) is 0 Å². The molecule has 0 aromatic carbocycles. The summed E-state index contributed by atoms with van der Waals surface area (Å²) in [5.74, 6) is -1.99. The first-order chi connectivity index (χ1) is 8.21. The van der Waals surface area contributed by atoms with Gasteiger partial charge >= 0.3 is 12.1 Å². The standard InChI is InChI=1S/C10H14ClF3N2O2/c1-15-4-2-7(3-5-15)16(6-8(11)17)9(18)10(12,13)14/h7H,2-6H2,1H3. The van der Waals surface area contributed by atoms with Crippen molar-refractivity contribution in [3.63, 3.8) is 0 Å². The number of rotatable bonds is 3. The average molecular weight is 287 g/mol. The number of carbonyl (C=O) groups excluding carboxylic acids is 2. The molecule has 0 N–H and O–H groups in total. The Morgan fingerprint density at radius 2 is 1.83 bits per heavy atom. The lowest BCUT2D eigenvalue weighted by Gasteiger charge is -2.36. The molecule has 1 saturated heterocycles. The molecule has 104 valence electrons. The number of hydrogen-bond acceptors (Lipinski definition) is 3. The van der Waals surface area contributed by atoms with Crippen molar-refractivity contribution in [3.05, 3.63) is 0 Å². The molecule has 0 bridgehead atoms. The van der Waals surface area contributed by atoms with Gasteiger partial charge in [0.15, 0.2) is 0 Å². The number of alkyl halides is 3. The smallest absolute Gasteiger partial charge is 0.323 e. The van der Waals surface area contributed by atoms with Gasteiger partial charge in [0.1, 0.15) is 0 Å². The van der Waals surface area contributed by atoms with Gasteiger partial charge in [0.05, 0.1) is 6.54 Å². The van der Waals surface area contributed by atoms with Gasteiger partial charge < -0.3 is 9.80 Å². The predicted octanol–water partition coefficient (Wildman–Crippen LogP) is 1.24. The van der Waals surface area contributed by atoms with Gasteiger partial charge in [-0.3, -0.25) is 9.59 Å². The lowest BCUT2D eigenvalue weighted by atomic mass is 10.0. The number of piperidine rings is 1. The van der Waals surface area contributed by atoms with Crippen molar-refractivity contribution in [2.45, 2.75) is 25.1 Å². The largest absolute Gasteiger partial charge is 0.471 e. The van der Waals surface area contributed by atoms with Crippen LogP contribution in [-0.4, -0.2) is 59.8 Å². The summed E-state index contributed by atoms with van der Waals surface area (Å²) in [5, 5.41) is -0.966. The Morgan fingerprint density at radius 3 is 2.22 bits per heavy atom. The Bertz CT molecular complexity index is 328. The second-order valence-corrected chi connectivity index (χ2v) is 4.74. The number of hydrogen-bond donors (Lipinski definition) is 0. The minimum Gasteiger partial charge on any atom is -0.323 e. The lowest BCUT2D eigenvalue weighted by Crippen LogP contribution is -2.52. The molecule has 0 radical (unpaired) electrons. The highest BCUT2D eigenvalue weighted by molar-refractivity contribution is 6.64. The molecule has 1 fully saturated rings. The first-order valence-corrected chi connectivity index (χ1v) is 5.84. The maximum Gasteiger partial charge on any atom is 0.471 e. The number of nitrogens with zero attached hydrogens (tertiary/aromatic N) is 2. The van der Waals surface area contributed by atoms with Crippen LogP contribution in [0.1, 0.15) is 12.8 Å². The molecule has 0 saturated carbocycles. The zero-order valence-electron chi connectivity index (χ0n) is 9.84. The molecule has 1 heterocycles. The van der Waals surface area contributed by atoms with E-state index in [1.807, 2.05) is 11.9 Å². The molecule has 1 aliphatic heterocycles. The van der Waals surface area contributed by atoms with Crippen molar-refractivity contribution in [1.82, 2.24) is 9.80 Å². The van der Waals surface area contributed by atoms with Crippen molar-refractivity contribution < 1.29 is 22.8 Å². The zero-order valence-corrected chi connectivity index (χ0v) is 10.6. The van der Waals surface area contributed by atoms with Crippen molar-refractivity contribution in [2.75, 3.05) is 26.7 Å². The van der Waals surface area contributed by atoms with Crippen LogP contribution in [0.4, 0.5) is 13.2 Å². The van der Waals surface area contributed by atoms with Gasteiger partial charge in [-0.25, -0.2) is 0 Å². The molecule has 18 heavy (non-hydrogen) atoms. The van der Waals surface area contributed by atoms with Crippen LogP contribution in [0.15, 0.2) is 0 Å². The first-order valence-electron chi connectivity index (χ1n) is 5.46. The maximum atomic E-state index is 12.4. The Balaban J connectivity index is 2.78. The number of likely N-dealkylation sites (tertiary alicyclic amines) is 1. The van der Waals surface area contributed by atoms with E-state index in [1.165, 1.54) is 0 Å². The van der Waals surface area contributed by atoms with Gasteiger partial charge in [-0.15, -0.1) is 0 Å². The minimum absolute atomic E-state index is 0.405. The molecule has 4 nitrogen and oxygen atoms in total. The predicted molar refractivity (Wildman–Crippen MR) is 59.1 cm³/mol. The molecular formula is C10H14ClF3N2O2. The number of amides is 1. The molecule has 0 aromatic heterocycles. The normalized spacial score (nSPS) is 18.7. The molecule has 0 aromatic rings. The third-order valence-electron chi connectivity index (χ3n) is 2.93. The van der Waals surface area contributed by atoms with E-state index in [2.05, 4.69) is 0 Å². The van der Waals surface area contributed by atoms with E-state index in [0.717, 1.165) is 0 Å². The summed E-state index contributed by atoms with van der Waals surface area (Å²) in [4.78, 5) is 24.5. The average Bonchev–Trinajstić information content (AvgIpc) is 2.25. The highest BCUT2D eigenvalue weighted by Gasteiger charge is 2.45. The van der Waals surface area contributed by atoms with Crippen LogP contribution >= 0.6 is 11.6 Å². The van der Waals surface area contributed by atoms with Crippen LogP contribution in [-0.2, 0) is 9.59 Å². The quantitative estimate of drug-likeness (QED) is 0.733. The van der Waals surface area contributed by atoms with Crippen LogP contribution in [0.2, 0.25) is 0 Å². The fourth-order valence-corrected chi connectivity index (χ4v) is 2.10. The highest BCUT2D eigenvalue weighted by atomic mass is 35.5. The van der Waals surface area contributed by atoms with Crippen LogP contribution in [0.25, 0.3) is 0 Å². The Labute approximate surface area is 108 Å². The summed E-state index contributed by atoms with van der Waals surface area (Å²) < 4.78 is 37.3. The van der Waals surface area contributed by atoms with E-state index < -0.39 is 29.9 Å². The summed E-state index contributed by atoms with van der Waals surface area (Å²) in [6, 6.07) is -0.585. The molecule has 8 heteroatoms. The van der Waals surface area contributed by atoms with Crippen molar-refractivity contribution in [3.8, 4) is 0 Å². The summed E-state index contributed by atoms with van der Waals surface area (Å²) in [7, 11) is 1.85. The van der Waals surface area contributed by atoms with E-state index in [9.17, 15) is 22.8 Å². The number of carbonyl (C=O) groups is 2. The minimum atomic E-state index is -4.98. The maximum absolute atomic E-state index is 12.4. The Hall–Kier alpha value is -0.820. The molecule has 0 spiro atoms. The van der Waals surface area contributed by atoms with Crippen LogP contribution in [0.3, 0.4) is 0 Å². The van der Waals surface area contributed by atoms with E-state index in [4.69, 9.17) is 11.6 Å². The molecule has 1 aliphatic rings. The van der Waals surface area contributed by atoms with Crippen molar-refractivity contribution in [1.29, 1.82) is 0 Å². The Morgan fingerprint density at radius 1 is 1.33 bits per heavy atom. The topological polar surface area (TPSA) is 40.6 Å². The highest BCUT2D eigenvalue weighted by Crippen LogP contribution is 2.24. The molecule has 1 rings (SSSR count). The van der Waals surface area contributed by atoms with E-state index >= 15 is 0 Å². The third-order valence-corrected chi connectivity index (χ3v) is 3.05. The van der Waals surface area contributed by atoms with Gasteiger partial charge in [0.25, 0.3) is 0 Å². The second-order valence-electron chi connectivity index (χ2n) is 4.32. The zero-order chi connectivity index (χ0) is 13.9. The molecular weight excluding hydrogens is 273 g/mol. The lowest BCUT2D eigenvalue weighted by molar-refractivity contribution is -0.188. The van der Waals surface area contributed by atoms with Crippen molar-refractivity contribution in [2.24, 2.45) is 0 Å². The fraction of sp³-hybridized carbons (Fsp3) is 0.800. The fourth-order valence-electron chi connectivity index (χ4n) is 1.97. The van der Waals surface area contributed by atoms with Gasteiger partial charge in [0, 0.05) is 6.04 Å². The van der Waals surface area contributed by atoms with Crippen LogP contribution < -0.4 is 0 Å². The third kappa shape index (κ3) is 4.13. The van der Waals surface area contributed by atoms with E-state index in [-0.39, 0.29) is 0 Å². The summed E-state index contributed by atoms with van der Waals surface area (Å²) in [6.45, 7) is 0.472. The first kappa shape index (κ1) is 15.2. The molecule has 0 unspecified atom stereocenters. The van der Waals surface area contributed by atoms with Crippen molar-refractivity contribution >= 4 is 22.8 Å². The molecule has 0 aliphatic carbocycles. The second kappa shape index (κ2) is 5.88. The van der Waals surface area contributed by atoms with E-state index in [0.29, 0.717) is 30.8 Å². The van der Waals surface area contributed by atoms with Gasteiger partial charge in [-0.05, 0) is 44.6 Å². The summed E-state index contributed by atoms with van der Waals surface area (Å²) >= 11 is 5.10. The molecule has 0 atom stereocenters. The van der Waals surface area contributed by atoms with Gasteiger partial charge in [-0.2, -0.15) is 13.2 Å². The van der Waals surface area contributed by atoms with Crippen LogP contribution in [0, 0.1) is 0 Å². The monoisotopic (exact) mass is 286 g/mol. The summed E-state index contributed by atoms with van der Waals surface area (Å²) in [5.41, 5.74) is 0. The number of halogens is 4. The van der Waals surface area contributed by atoms with Gasteiger partial charge in [0.2, 0.25) is 5.24 Å².